The fourth-order valence-electron chi connectivity index (χ4n) is 1.82. The van der Waals surface area contributed by atoms with Crippen LogP contribution in [0, 0.1) is 0 Å². The molecule has 2 N–H and O–H groups in total. The topological polar surface area (TPSA) is 66.9 Å². The second-order valence-electron chi connectivity index (χ2n) is 4.76. The molecule has 0 aliphatic rings. The van der Waals surface area contributed by atoms with E-state index in [9.17, 15) is 4.79 Å². The Morgan fingerprint density at radius 1 is 1.19 bits per heavy atom. The van der Waals surface area contributed by atoms with Crippen molar-refractivity contribution in [2.75, 3.05) is 10.6 Å². The molecule has 0 aromatic carbocycles. The van der Waals surface area contributed by atoms with Crippen LogP contribution >= 0.6 is 0 Å². The average Bonchev–Trinajstić information content (AvgIpc) is 2.53. The molecule has 0 fully saturated rings. The third-order valence-electron chi connectivity index (χ3n) is 2.98. The van der Waals surface area contributed by atoms with Crippen molar-refractivity contribution in [3.05, 3.63) is 48.4 Å². The van der Waals surface area contributed by atoms with Gasteiger partial charge in [-0.05, 0) is 30.7 Å². The molecule has 21 heavy (non-hydrogen) atoms. The van der Waals surface area contributed by atoms with Gasteiger partial charge in [-0.25, -0.2) is 4.98 Å². The number of aromatic nitrogens is 2. The van der Waals surface area contributed by atoms with E-state index in [2.05, 4.69) is 27.5 Å². The standard InChI is InChI=1S/C16H20N4O/c1-2-3-7-16(21)20-14-8-9-15(19-12-14)18-11-13-6-4-5-10-17-13/h4-6,8-10,12H,2-3,7,11H2,1H3,(H,18,19)(H,20,21). The van der Waals surface area contributed by atoms with Gasteiger partial charge in [0.15, 0.2) is 0 Å². The predicted octanol–water partition coefficient (Wildman–Crippen LogP) is 3.22. The lowest BCUT2D eigenvalue weighted by molar-refractivity contribution is -0.116. The minimum Gasteiger partial charge on any atom is -0.364 e. The first-order valence-corrected chi connectivity index (χ1v) is 7.17. The van der Waals surface area contributed by atoms with E-state index in [0.717, 1.165) is 30.0 Å². The zero-order valence-electron chi connectivity index (χ0n) is 12.2. The molecule has 2 heterocycles. The summed E-state index contributed by atoms with van der Waals surface area (Å²) in [5.41, 5.74) is 1.68. The Labute approximate surface area is 124 Å². The first-order chi connectivity index (χ1) is 10.3. The van der Waals surface area contributed by atoms with Gasteiger partial charge in [0.2, 0.25) is 5.91 Å². The average molecular weight is 284 g/mol. The molecule has 0 radical (unpaired) electrons. The van der Waals surface area contributed by atoms with E-state index in [1.807, 2.05) is 30.3 Å². The molecule has 0 bridgehead atoms. The van der Waals surface area contributed by atoms with Crippen LogP contribution in [0.4, 0.5) is 11.5 Å². The van der Waals surface area contributed by atoms with Crippen LogP contribution in [0.15, 0.2) is 42.7 Å². The van der Waals surface area contributed by atoms with Crippen LogP contribution in [0.2, 0.25) is 0 Å². The fourth-order valence-corrected chi connectivity index (χ4v) is 1.82. The lowest BCUT2D eigenvalue weighted by atomic mass is 10.2. The van der Waals surface area contributed by atoms with E-state index in [-0.39, 0.29) is 5.91 Å². The highest BCUT2D eigenvalue weighted by Gasteiger charge is 2.02. The lowest BCUT2D eigenvalue weighted by Gasteiger charge is -2.07. The molecule has 5 nitrogen and oxygen atoms in total. The summed E-state index contributed by atoms with van der Waals surface area (Å²) in [4.78, 5) is 20.1. The first kappa shape index (κ1) is 15.0. The molecule has 110 valence electrons. The third-order valence-corrected chi connectivity index (χ3v) is 2.98. The highest BCUT2D eigenvalue weighted by atomic mass is 16.1. The molecular formula is C16H20N4O. The van der Waals surface area contributed by atoms with Gasteiger partial charge in [-0.15, -0.1) is 0 Å². The summed E-state index contributed by atoms with van der Waals surface area (Å²) >= 11 is 0. The summed E-state index contributed by atoms with van der Waals surface area (Å²) in [7, 11) is 0. The number of unbranched alkanes of at least 4 members (excludes halogenated alkanes) is 1. The van der Waals surface area contributed by atoms with Crippen molar-refractivity contribution in [1.29, 1.82) is 0 Å². The van der Waals surface area contributed by atoms with Gasteiger partial charge >= 0.3 is 0 Å². The Kier molecular flexibility index (Phi) is 5.70. The van der Waals surface area contributed by atoms with Crippen molar-refractivity contribution in [3.63, 3.8) is 0 Å². The summed E-state index contributed by atoms with van der Waals surface area (Å²) in [6.45, 7) is 2.69. The number of hydrogen-bond acceptors (Lipinski definition) is 4. The van der Waals surface area contributed by atoms with Crippen molar-refractivity contribution in [2.24, 2.45) is 0 Å². The normalized spacial score (nSPS) is 10.1. The summed E-state index contributed by atoms with van der Waals surface area (Å²) < 4.78 is 0. The molecule has 0 saturated heterocycles. The van der Waals surface area contributed by atoms with Crippen molar-refractivity contribution in [2.45, 2.75) is 32.7 Å². The van der Waals surface area contributed by atoms with Crippen LogP contribution in [0.25, 0.3) is 0 Å². The predicted molar refractivity (Wildman–Crippen MR) is 84.0 cm³/mol. The van der Waals surface area contributed by atoms with Gasteiger partial charge in [0.25, 0.3) is 0 Å². The fraction of sp³-hybridized carbons (Fsp3) is 0.312. The summed E-state index contributed by atoms with van der Waals surface area (Å²) in [6.07, 6.45) is 5.89. The van der Waals surface area contributed by atoms with Crippen LogP contribution in [0.1, 0.15) is 31.9 Å². The maximum Gasteiger partial charge on any atom is 0.224 e. The van der Waals surface area contributed by atoms with Gasteiger partial charge in [0, 0.05) is 12.6 Å². The van der Waals surface area contributed by atoms with Crippen LogP contribution in [0.3, 0.4) is 0 Å². The van der Waals surface area contributed by atoms with Crippen LogP contribution < -0.4 is 10.6 Å². The summed E-state index contributed by atoms with van der Waals surface area (Å²) in [6, 6.07) is 9.48. The van der Waals surface area contributed by atoms with E-state index in [1.165, 1.54) is 0 Å². The second kappa shape index (κ2) is 7.99. The Bertz CT molecular complexity index is 554. The molecule has 0 atom stereocenters. The number of hydrogen-bond donors (Lipinski definition) is 2. The number of nitrogens with zero attached hydrogens (tertiary/aromatic N) is 2. The Morgan fingerprint density at radius 2 is 2.10 bits per heavy atom. The van der Waals surface area contributed by atoms with E-state index < -0.39 is 0 Å². The maximum atomic E-state index is 11.6. The number of rotatable bonds is 7. The van der Waals surface area contributed by atoms with Gasteiger partial charge in [-0.3, -0.25) is 9.78 Å². The number of amides is 1. The molecule has 2 rings (SSSR count). The number of carbonyl (C=O) groups excluding carboxylic acids is 1. The number of carbonyl (C=O) groups is 1. The maximum absolute atomic E-state index is 11.6. The SMILES string of the molecule is CCCCC(=O)Nc1ccc(NCc2ccccn2)nc1. The van der Waals surface area contributed by atoms with E-state index >= 15 is 0 Å². The smallest absolute Gasteiger partial charge is 0.224 e. The van der Waals surface area contributed by atoms with Crippen molar-refractivity contribution in [1.82, 2.24) is 9.97 Å². The molecule has 1 amide bonds. The van der Waals surface area contributed by atoms with Gasteiger partial charge in [-0.1, -0.05) is 19.4 Å². The van der Waals surface area contributed by atoms with Gasteiger partial charge in [-0.2, -0.15) is 0 Å². The lowest BCUT2D eigenvalue weighted by Crippen LogP contribution is -2.11. The van der Waals surface area contributed by atoms with E-state index in [4.69, 9.17) is 0 Å². The molecular weight excluding hydrogens is 264 g/mol. The van der Waals surface area contributed by atoms with Gasteiger partial charge in [0.05, 0.1) is 24.1 Å². The van der Waals surface area contributed by atoms with E-state index in [0.29, 0.717) is 13.0 Å². The molecule has 0 aliphatic carbocycles. The molecule has 2 aromatic rings. The largest absolute Gasteiger partial charge is 0.364 e. The highest BCUT2D eigenvalue weighted by Crippen LogP contribution is 2.11. The molecule has 0 unspecified atom stereocenters. The molecule has 0 spiro atoms. The van der Waals surface area contributed by atoms with Crippen molar-refractivity contribution < 1.29 is 4.79 Å². The zero-order valence-corrected chi connectivity index (χ0v) is 12.2. The summed E-state index contributed by atoms with van der Waals surface area (Å²) in [5, 5.41) is 6.03. The second-order valence-corrected chi connectivity index (χ2v) is 4.76. The minimum atomic E-state index is 0.0350. The van der Waals surface area contributed by atoms with Crippen LogP contribution in [0.5, 0.6) is 0 Å². The summed E-state index contributed by atoms with van der Waals surface area (Å²) in [5.74, 6) is 0.792. The molecule has 5 heteroatoms. The molecule has 0 aliphatic heterocycles. The van der Waals surface area contributed by atoms with Gasteiger partial charge in [0.1, 0.15) is 5.82 Å². The number of anilines is 2. The zero-order chi connectivity index (χ0) is 14.9. The third kappa shape index (κ3) is 5.22. The highest BCUT2D eigenvalue weighted by molar-refractivity contribution is 5.90. The van der Waals surface area contributed by atoms with Crippen LogP contribution in [-0.2, 0) is 11.3 Å². The monoisotopic (exact) mass is 284 g/mol. The number of pyridine rings is 2. The molecule has 0 saturated carbocycles. The van der Waals surface area contributed by atoms with Crippen molar-refractivity contribution >= 4 is 17.4 Å². The minimum absolute atomic E-state index is 0.0350. The Morgan fingerprint density at radius 3 is 2.76 bits per heavy atom. The molecule has 2 aromatic heterocycles. The van der Waals surface area contributed by atoms with Crippen molar-refractivity contribution in [3.8, 4) is 0 Å². The Balaban J connectivity index is 1.83. The first-order valence-electron chi connectivity index (χ1n) is 7.17. The quantitative estimate of drug-likeness (QED) is 0.819. The number of nitrogens with one attached hydrogen (secondary N) is 2. The van der Waals surface area contributed by atoms with Crippen LogP contribution in [-0.4, -0.2) is 15.9 Å². The van der Waals surface area contributed by atoms with Gasteiger partial charge < -0.3 is 10.6 Å². The van der Waals surface area contributed by atoms with E-state index in [1.54, 1.807) is 12.4 Å². The Hall–Kier alpha value is -2.43.